The fourth-order valence-corrected chi connectivity index (χ4v) is 3.22. The molecule has 23 heavy (non-hydrogen) atoms. The first-order valence-electron chi connectivity index (χ1n) is 6.71. The van der Waals surface area contributed by atoms with Gasteiger partial charge in [0, 0.05) is 12.1 Å². The summed E-state index contributed by atoms with van der Waals surface area (Å²) in [5.74, 6) is -1.05. The fourth-order valence-electron chi connectivity index (χ4n) is 2.16. The van der Waals surface area contributed by atoms with Gasteiger partial charge in [-0.25, -0.2) is 12.8 Å². The largest absolute Gasteiger partial charge is 0.479 e. The van der Waals surface area contributed by atoms with E-state index in [4.69, 9.17) is 4.74 Å². The third-order valence-electron chi connectivity index (χ3n) is 3.25. The first-order valence-corrected chi connectivity index (χ1v) is 8.19. The number of ether oxygens (including phenoxy) is 1. The monoisotopic (exact) mass is 336 g/mol. The van der Waals surface area contributed by atoms with Crippen molar-refractivity contribution in [3.8, 4) is 5.75 Å². The van der Waals surface area contributed by atoms with Crippen molar-refractivity contribution in [2.24, 2.45) is 0 Å². The van der Waals surface area contributed by atoms with E-state index >= 15 is 0 Å². The summed E-state index contributed by atoms with van der Waals surface area (Å²) in [6, 6.07) is 8.29. The average molecular weight is 336 g/mol. The standard InChI is InChI=1S/C15H13FN2O4S/c1-9-2-4-11(5-3-9)23(20,21)18-13-7-10(16)6-12-15(13)22-8-14(19)17-12/h2-7,18H,8H2,1H3,(H,17,19). The van der Waals surface area contributed by atoms with Gasteiger partial charge in [-0.2, -0.15) is 0 Å². The Bertz CT molecular complexity index is 879. The number of hydrogen-bond acceptors (Lipinski definition) is 4. The number of amides is 1. The number of carbonyl (C=O) groups excluding carboxylic acids is 1. The molecule has 6 nitrogen and oxygen atoms in total. The number of rotatable bonds is 3. The Morgan fingerprint density at radius 2 is 1.91 bits per heavy atom. The van der Waals surface area contributed by atoms with E-state index in [1.165, 1.54) is 12.1 Å². The van der Waals surface area contributed by atoms with Gasteiger partial charge < -0.3 is 10.1 Å². The van der Waals surface area contributed by atoms with Crippen LogP contribution >= 0.6 is 0 Å². The number of benzene rings is 2. The van der Waals surface area contributed by atoms with Gasteiger partial charge in [0.15, 0.2) is 12.4 Å². The molecule has 120 valence electrons. The van der Waals surface area contributed by atoms with Gasteiger partial charge in [-0.05, 0) is 19.1 Å². The molecule has 1 aliphatic heterocycles. The summed E-state index contributed by atoms with van der Waals surface area (Å²) >= 11 is 0. The molecule has 2 aromatic carbocycles. The van der Waals surface area contributed by atoms with Crippen LogP contribution in [0, 0.1) is 12.7 Å². The third-order valence-corrected chi connectivity index (χ3v) is 4.63. The molecule has 0 fully saturated rings. The van der Waals surface area contributed by atoms with Crippen molar-refractivity contribution >= 4 is 27.3 Å². The molecule has 1 aliphatic rings. The lowest BCUT2D eigenvalue weighted by Crippen LogP contribution is -2.26. The Morgan fingerprint density at radius 3 is 2.61 bits per heavy atom. The minimum Gasteiger partial charge on any atom is -0.479 e. The molecular weight excluding hydrogens is 323 g/mol. The van der Waals surface area contributed by atoms with Crippen molar-refractivity contribution in [3.05, 3.63) is 47.8 Å². The molecule has 0 bridgehead atoms. The van der Waals surface area contributed by atoms with Crippen LogP contribution in [0.3, 0.4) is 0 Å². The molecule has 0 spiro atoms. The van der Waals surface area contributed by atoms with Gasteiger partial charge in [0.05, 0.1) is 16.3 Å². The SMILES string of the molecule is Cc1ccc(S(=O)(=O)Nc2cc(F)cc3c2OCC(=O)N3)cc1. The zero-order valence-electron chi connectivity index (χ0n) is 12.1. The Hall–Kier alpha value is -2.61. The second-order valence-electron chi connectivity index (χ2n) is 5.09. The van der Waals surface area contributed by atoms with E-state index in [1.807, 2.05) is 6.92 Å². The fraction of sp³-hybridized carbons (Fsp3) is 0.133. The zero-order valence-corrected chi connectivity index (χ0v) is 12.9. The van der Waals surface area contributed by atoms with Crippen molar-refractivity contribution in [3.63, 3.8) is 0 Å². The van der Waals surface area contributed by atoms with E-state index < -0.39 is 21.7 Å². The minimum atomic E-state index is -3.90. The van der Waals surface area contributed by atoms with Crippen LogP contribution in [0.25, 0.3) is 0 Å². The second kappa shape index (κ2) is 5.54. The molecule has 8 heteroatoms. The van der Waals surface area contributed by atoms with E-state index in [1.54, 1.807) is 12.1 Å². The Morgan fingerprint density at radius 1 is 1.22 bits per heavy atom. The van der Waals surface area contributed by atoms with E-state index in [0.29, 0.717) is 0 Å². The molecule has 1 amide bonds. The predicted molar refractivity (Wildman–Crippen MR) is 82.5 cm³/mol. The average Bonchev–Trinajstić information content (AvgIpc) is 2.46. The maximum absolute atomic E-state index is 13.7. The Labute approximate surface area is 132 Å². The number of carbonyl (C=O) groups is 1. The predicted octanol–water partition coefficient (Wildman–Crippen LogP) is 2.27. The lowest BCUT2D eigenvalue weighted by atomic mass is 10.2. The van der Waals surface area contributed by atoms with Crippen LogP contribution in [0.5, 0.6) is 5.75 Å². The number of sulfonamides is 1. The van der Waals surface area contributed by atoms with E-state index in [2.05, 4.69) is 10.0 Å². The van der Waals surface area contributed by atoms with Gasteiger partial charge in [-0.3, -0.25) is 9.52 Å². The number of hydrogen-bond donors (Lipinski definition) is 2. The molecule has 1 heterocycles. The molecule has 0 atom stereocenters. The van der Waals surface area contributed by atoms with Crippen molar-refractivity contribution in [2.45, 2.75) is 11.8 Å². The molecular formula is C15H13FN2O4S. The highest BCUT2D eigenvalue weighted by molar-refractivity contribution is 7.92. The molecule has 0 saturated carbocycles. The highest BCUT2D eigenvalue weighted by Gasteiger charge is 2.24. The quantitative estimate of drug-likeness (QED) is 0.900. The molecule has 2 N–H and O–H groups in total. The number of aryl methyl sites for hydroxylation is 1. The van der Waals surface area contributed by atoms with Crippen molar-refractivity contribution in [2.75, 3.05) is 16.6 Å². The van der Waals surface area contributed by atoms with Crippen LogP contribution in [0.15, 0.2) is 41.3 Å². The summed E-state index contributed by atoms with van der Waals surface area (Å²) in [5, 5.41) is 2.44. The lowest BCUT2D eigenvalue weighted by molar-refractivity contribution is -0.118. The van der Waals surface area contributed by atoms with Gasteiger partial charge in [-0.15, -0.1) is 0 Å². The van der Waals surface area contributed by atoms with Crippen LogP contribution in [0.1, 0.15) is 5.56 Å². The van der Waals surface area contributed by atoms with E-state index in [-0.39, 0.29) is 28.6 Å². The van der Waals surface area contributed by atoms with Gasteiger partial charge in [0.25, 0.3) is 15.9 Å². The van der Waals surface area contributed by atoms with E-state index in [0.717, 1.165) is 17.7 Å². The van der Waals surface area contributed by atoms with Crippen molar-refractivity contribution in [1.82, 2.24) is 0 Å². The van der Waals surface area contributed by atoms with Crippen molar-refractivity contribution < 1.29 is 22.3 Å². The summed E-state index contributed by atoms with van der Waals surface area (Å²) in [6.07, 6.45) is 0. The lowest BCUT2D eigenvalue weighted by Gasteiger charge is -2.21. The number of anilines is 2. The van der Waals surface area contributed by atoms with Gasteiger partial charge in [0.1, 0.15) is 5.82 Å². The zero-order chi connectivity index (χ0) is 16.6. The highest BCUT2D eigenvalue weighted by Crippen LogP contribution is 2.37. The molecule has 2 aromatic rings. The summed E-state index contributed by atoms with van der Waals surface area (Å²) in [5.41, 5.74) is 0.932. The minimum absolute atomic E-state index is 0.0426. The third kappa shape index (κ3) is 3.11. The number of fused-ring (bicyclic) bond motifs is 1. The molecule has 0 aromatic heterocycles. The van der Waals surface area contributed by atoms with Crippen LogP contribution < -0.4 is 14.8 Å². The topological polar surface area (TPSA) is 84.5 Å². The smallest absolute Gasteiger partial charge is 0.262 e. The highest BCUT2D eigenvalue weighted by atomic mass is 32.2. The first kappa shape index (κ1) is 15.3. The molecule has 0 saturated heterocycles. The summed E-state index contributed by atoms with van der Waals surface area (Å²) in [7, 11) is -3.90. The first-order chi connectivity index (χ1) is 10.8. The maximum Gasteiger partial charge on any atom is 0.262 e. The number of nitrogens with one attached hydrogen (secondary N) is 2. The summed E-state index contributed by atoms with van der Waals surface area (Å²) < 4.78 is 46.0. The molecule has 3 rings (SSSR count). The van der Waals surface area contributed by atoms with Crippen LogP contribution in [0.2, 0.25) is 0 Å². The molecule has 0 aliphatic carbocycles. The van der Waals surface area contributed by atoms with Crippen LogP contribution in [-0.4, -0.2) is 20.9 Å². The Balaban J connectivity index is 1.99. The summed E-state index contributed by atoms with van der Waals surface area (Å²) in [6.45, 7) is 1.57. The van der Waals surface area contributed by atoms with Crippen LogP contribution in [-0.2, 0) is 14.8 Å². The second-order valence-corrected chi connectivity index (χ2v) is 6.77. The van der Waals surface area contributed by atoms with Crippen molar-refractivity contribution in [1.29, 1.82) is 0 Å². The van der Waals surface area contributed by atoms with Gasteiger partial charge >= 0.3 is 0 Å². The van der Waals surface area contributed by atoms with Gasteiger partial charge in [0.2, 0.25) is 0 Å². The van der Waals surface area contributed by atoms with Gasteiger partial charge in [-0.1, -0.05) is 17.7 Å². The maximum atomic E-state index is 13.7. The normalized spacial score (nSPS) is 13.7. The molecule has 0 unspecified atom stereocenters. The van der Waals surface area contributed by atoms with E-state index in [9.17, 15) is 17.6 Å². The van der Waals surface area contributed by atoms with Crippen LogP contribution in [0.4, 0.5) is 15.8 Å². The Kier molecular flexibility index (Phi) is 3.69. The number of halogens is 1. The molecule has 0 radical (unpaired) electrons. The summed E-state index contributed by atoms with van der Waals surface area (Å²) in [4.78, 5) is 11.3.